The Hall–Kier alpha value is -1.13. The van der Waals surface area contributed by atoms with Gasteiger partial charge in [0.2, 0.25) is 0 Å². The maximum absolute atomic E-state index is 6.13. The first-order valence-electron chi connectivity index (χ1n) is 6.55. The van der Waals surface area contributed by atoms with Gasteiger partial charge in [0.05, 0.1) is 6.04 Å². The summed E-state index contributed by atoms with van der Waals surface area (Å²) < 4.78 is 1.72. The minimum absolute atomic E-state index is 0.347. The Morgan fingerprint density at radius 3 is 3.06 bits per heavy atom. The van der Waals surface area contributed by atoms with Crippen LogP contribution in [0.2, 0.25) is 5.15 Å². The molecule has 5 heteroatoms. The van der Waals surface area contributed by atoms with E-state index < -0.39 is 0 Å². The Morgan fingerprint density at radius 1 is 1.39 bits per heavy atom. The summed E-state index contributed by atoms with van der Waals surface area (Å²) in [5.41, 5.74) is 0.833. The van der Waals surface area contributed by atoms with E-state index in [0.29, 0.717) is 11.2 Å². The number of rotatable bonds is 2. The molecule has 3 rings (SSSR count). The van der Waals surface area contributed by atoms with Gasteiger partial charge in [-0.25, -0.2) is 9.50 Å². The van der Waals surface area contributed by atoms with Crippen molar-refractivity contribution in [3.05, 3.63) is 29.2 Å². The lowest BCUT2D eigenvalue weighted by Crippen LogP contribution is -2.33. The largest absolute Gasteiger partial charge is 0.294 e. The number of halogens is 1. The fraction of sp³-hybridized carbons (Fsp3) is 0.538. The van der Waals surface area contributed by atoms with Gasteiger partial charge in [-0.2, -0.15) is 0 Å². The van der Waals surface area contributed by atoms with Gasteiger partial charge in [0.25, 0.3) is 0 Å². The predicted molar refractivity (Wildman–Crippen MR) is 71.8 cm³/mol. The van der Waals surface area contributed by atoms with Crippen molar-refractivity contribution in [2.75, 3.05) is 13.1 Å². The summed E-state index contributed by atoms with van der Waals surface area (Å²) in [5, 5.41) is 5.18. The molecule has 1 fully saturated rings. The number of aromatic nitrogens is 3. The van der Waals surface area contributed by atoms with Crippen LogP contribution in [0.1, 0.15) is 38.1 Å². The number of likely N-dealkylation sites (tertiary alicyclic amines) is 1. The zero-order valence-electron chi connectivity index (χ0n) is 10.5. The number of hydrogen-bond donors (Lipinski definition) is 0. The van der Waals surface area contributed by atoms with Crippen LogP contribution in [-0.2, 0) is 0 Å². The summed E-state index contributed by atoms with van der Waals surface area (Å²) in [4.78, 5) is 7.07. The normalized spacial score (nSPS) is 21.6. The molecule has 2 aromatic heterocycles. The van der Waals surface area contributed by atoms with Crippen molar-refractivity contribution in [2.24, 2.45) is 0 Å². The summed E-state index contributed by atoms with van der Waals surface area (Å²) in [6.07, 6.45) is 3.67. The number of nitrogens with zero attached hydrogens (tertiary/aromatic N) is 4. The quantitative estimate of drug-likeness (QED) is 0.782. The zero-order chi connectivity index (χ0) is 12.5. The lowest BCUT2D eigenvalue weighted by molar-refractivity contribution is 0.150. The Morgan fingerprint density at radius 2 is 2.28 bits per heavy atom. The van der Waals surface area contributed by atoms with Gasteiger partial charge < -0.3 is 0 Å². The minimum atomic E-state index is 0.347. The van der Waals surface area contributed by atoms with Crippen LogP contribution in [0.25, 0.3) is 5.65 Å². The van der Waals surface area contributed by atoms with Gasteiger partial charge in [-0.1, -0.05) is 31.0 Å². The number of hydrogen-bond acceptors (Lipinski definition) is 3. The third-order valence-electron chi connectivity index (χ3n) is 3.65. The Labute approximate surface area is 112 Å². The highest BCUT2D eigenvalue weighted by molar-refractivity contribution is 6.29. The molecule has 0 aromatic carbocycles. The molecule has 0 amide bonds. The lowest BCUT2D eigenvalue weighted by atomic mass is 10.0. The summed E-state index contributed by atoms with van der Waals surface area (Å²) in [6, 6.07) is 6.04. The molecule has 0 aliphatic carbocycles. The Kier molecular flexibility index (Phi) is 3.22. The van der Waals surface area contributed by atoms with E-state index in [4.69, 9.17) is 11.6 Å². The second-order valence-corrected chi connectivity index (χ2v) is 5.12. The zero-order valence-corrected chi connectivity index (χ0v) is 11.3. The number of piperidine rings is 1. The minimum Gasteiger partial charge on any atom is -0.294 e. The molecule has 0 bridgehead atoms. The van der Waals surface area contributed by atoms with Crippen molar-refractivity contribution in [1.29, 1.82) is 0 Å². The molecule has 1 unspecified atom stereocenters. The number of pyridine rings is 1. The molecule has 96 valence electrons. The van der Waals surface area contributed by atoms with Crippen molar-refractivity contribution in [1.82, 2.24) is 19.5 Å². The standard InChI is InChI=1S/C13H17ClN4/c1-2-17-9-4-3-6-10(17)13-15-12-8-5-7-11(14)18(12)16-13/h5,7-8,10H,2-4,6,9H2,1H3. The lowest BCUT2D eigenvalue weighted by Gasteiger charge is -2.32. The van der Waals surface area contributed by atoms with E-state index in [0.717, 1.165) is 31.0 Å². The monoisotopic (exact) mass is 264 g/mol. The molecule has 4 nitrogen and oxygen atoms in total. The highest BCUT2D eigenvalue weighted by Gasteiger charge is 2.26. The molecule has 3 heterocycles. The molecular formula is C13H17ClN4. The molecule has 1 aliphatic rings. The fourth-order valence-electron chi connectivity index (χ4n) is 2.69. The van der Waals surface area contributed by atoms with Crippen LogP contribution >= 0.6 is 11.6 Å². The first-order chi connectivity index (χ1) is 8.79. The van der Waals surface area contributed by atoms with Crippen molar-refractivity contribution in [3.8, 4) is 0 Å². The van der Waals surface area contributed by atoms with Gasteiger partial charge in [-0.3, -0.25) is 4.90 Å². The van der Waals surface area contributed by atoms with Crippen molar-refractivity contribution in [2.45, 2.75) is 32.2 Å². The van der Waals surface area contributed by atoms with Gasteiger partial charge in [0, 0.05) is 0 Å². The van der Waals surface area contributed by atoms with Crippen LogP contribution in [0.15, 0.2) is 18.2 Å². The maximum atomic E-state index is 6.13. The maximum Gasteiger partial charge on any atom is 0.168 e. The second kappa shape index (κ2) is 4.86. The first-order valence-corrected chi connectivity index (χ1v) is 6.92. The molecule has 2 aromatic rings. The van der Waals surface area contributed by atoms with Crippen LogP contribution < -0.4 is 0 Å². The second-order valence-electron chi connectivity index (χ2n) is 4.73. The van der Waals surface area contributed by atoms with E-state index >= 15 is 0 Å². The SMILES string of the molecule is CCN1CCCCC1c1nc2cccc(Cl)n2n1. The van der Waals surface area contributed by atoms with E-state index in [9.17, 15) is 0 Å². The predicted octanol–water partition coefficient (Wildman–Crippen LogP) is 2.93. The van der Waals surface area contributed by atoms with E-state index in [1.807, 2.05) is 18.2 Å². The Balaban J connectivity index is 2.00. The molecule has 1 atom stereocenters. The highest BCUT2D eigenvalue weighted by Crippen LogP contribution is 2.29. The fourth-order valence-corrected chi connectivity index (χ4v) is 2.89. The third-order valence-corrected chi connectivity index (χ3v) is 3.93. The van der Waals surface area contributed by atoms with Gasteiger partial charge in [0.1, 0.15) is 5.15 Å². The van der Waals surface area contributed by atoms with Crippen LogP contribution in [0, 0.1) is 0 Å². The van der Waals surface area contributed by atoms with Gasteiger partial charge in [-0.15, -0.1) is 5.10 Å². The van der Waals surface area contributed by atoms with Crippen molar-refractivity contribution >= 4 is 17.2 Å². The van der Waals surface area contributed by atoms with Crippen molar-refractivity contribution in [3.63, 3.8) is 0 Å². The molecule has 1 saturated heterocycles. The van der Waals surface area contributed by atoms with Gasteiger partial charge >= 0.3 is 0 Å². The number of fused-ring (bicyclic) bond motifs is 1. The molecular weight excluding hydrogens is 248 g/mol. The van der Waals surface area contributed by atoms with Gasteiger partial charge in [-0.05, 0) is 38.1 Å². The molecule has 18 heavy (non-hydrogen) atoms. The molecule has 1 aliphatic heterocycles. The van der Waals surface area contributed by atoms with Crippen LogP contribution in [0.4, 0.5) is 0 Å². The summed E-state index contributed by atoms with van der Waals surface area (Å²) in [6.45, 7) is 4.39. The van der Waals surface area contributed by atoms with E-state index in [-0.39, 0.29) is 0 Å². The van der Waals surface area contributed by atoms with Crippen LogP contribution in [0.5, 0.6) is 0 Å². The third kappa shape index (κ3) is 1.99. The van der Waals surface area contributed by atoms with E-state index in [1.54, 1.807) is 4.52 Å². The average Bonchev–Trinajstić information content (AvgIpc) is 2.84. The van der Waals surface area contributed by atoms with Crippen molar-refractivity contribution < 1.29 is 0 Å². The van der Waals surface area contributed by atoms with E-state index in [1.165, 1.54) is 12.8 Å². The highest BCUT2D eigenvalue weighted by atomic mass is 35.5. The Bertz CT molecular complexity index is 551. The molecule has 0 N–H and O–H groups in total. The molecule has 0 spiro atoms. The van der Waals surface area contributed by atoms with E-state index in [2.05, 4.69) is 21.9 Å². The summed E-state index contributed by atoms with van der Waals surface area (Å²) >= 11 is 6.13. The average molecular weight is 265 g/mol. The molecule has 0 radical (unpaired) electrons. The van der Waals surface area contributed by atoms with Crippen LogP contribution in [-0.4, -0.2) is 32.6 Å². The topological polar surface area (TPSA) is 33.4 Å². The van der Waals surface area contributed by atoms with Gasteiger partial charge in [0.15, 0.2) is 11.5 Å². The smallest absolute Gasteiger partial charge is 0.168 e. The summed E-state index contributed by atoms with van der Waals surface area (Å²) in [5.74, 6) is 0.907. The first kappa shape index (κ1) is 11.9. The molecule has 0 saturated carbocycles. The van der Waals surface area contributed by atoms with Crippen LogP contribution in [0.3, 0.4) is 0 Å². The summed E-state index contributed by atoms with van der Waals surface area (Å²) in [7, 11) is 0.